The maximum Gasteiger partial charge on any atom is 0.262 e. The van der Waals surface area contributed by atoms with E-state index in [2.05, 4.69) is 10.3 Å². The quantitative estimate of drug-likeness (QED) is 0.249. The van der Waals surface area contributed by atoms with Crippen molar-refractivity contribution < 1.29 is 4.79 Å². The molecule has 1 atom stereocenters. The number of nitrogens with one attached hydrogen (secondary N) is 1. The molecule has 2 aromatic carbocycles. The molecule has 4 aromatic rings. The Morgan fingerprint density at radius 3 is 2.59 bits per heavy atom. The van der Waals surface area contributed by atoms with Crippen molar-refractivity contribution in [3.05, 3.63) is 88.8 Å². The zero-order chi connectivity index (χ0) is 24.1. The molecule has 4 rings (SSSR count). The van der Waals surface area contributed by atoms with Gasteiger partial charge in [0, 0.05) is 23.7 Å². The molecule has 0 fully saturated rings. The van der Waals surface area contributed by atoms with Crippen molar-refractivity contribution >= 4 is 46.0 Å². The fourth-order valence-electron chi connectivity index (χ4n) is 3.45. The molecule has 0 saturated heterocycles. The fourth-order valence-corrected chi connectivity index (χ4v) is 5.29. The van der Waals surface area contributed by atoms with Gasteiger partial charge in [0.2, 0.25) is 5.91 Å². The van der Waals surface area contributed by atoms with Gasteiger partial charge >= 0.3 is 0 Å². The van der Waals surface area contributed by atoms with E-state index >= 15 is 0 Å². The Kier molecular flexibility index (Phi) is 7.70. The highest BCUT2D eigenvalue weighted by atomic mass is 32.2. The van der Waals surface area contributed by atoms with Crippen LogP contribution in [-0.2, 0) is 10.5 Å². The number of nitrogens with zero attached hydrogens (tertiary/aromatic N) is 3. The number of rotatable bonds is 8. The van der Waals surface area contributed by atoms with Gasteiger partial charge < -0.3 is 5.32 Å². The predicted molar refractivity (Wildman–Crippen MR) is 141 cm³/mol. The number of pyridine rings is 1. The standard InChI is InChI=1S/C26H26N4O2S2/c1-17(2)30-25(32)21-11-4-5-12-22(21)29-26(30)34-18(3)24(31)28-20-10-8-9-19(15-20)16-33-23-13-6-7-14-27-23/h4-15,17-18H,16H2,1-3H3,(H,28,31)/t18-/m0/s1. The number of carbonyl (C=O) groups excluding carboxylic acids is 1. The molecule has 0 bridgehead atoms. The maximum absolute atomic E-state index is 13.0. The van der Waals surface area contributed by atoms with Crippen molar-refractivity contribution in [2.45, 2.75) is 48.0 Å². The number of thioether (sulfide) groups is 2. The minimum Gasteiger partial charge on any atom is -0.325 e. The summed E-state index contributed by atoms with van der Waals surface area (Å²) in [6, 6.07) is 20.9. The Morgan fingerprint density at radius 1 is 1.03 bits per heavy atom. The lowest BCUT2D eigenvalue weighted by Gasteiger charge is -2.18. The molecule has 8 heteroatoms. The Balaban J connectivity index is 1.47. The van der Waals surface area contributed by atoms with Gasteiger partial charge in [-0.3, -0.25) is 14.2 Å². The van der Waals surface area contributed by atoms with E-state index in [-0.39, 0.29) is 17.5 Å². The van der Waals surface area contributed by atoms with Gasteiger partial charge in [0.25, 0.3) is 5.56 Å². The molecule has 0 unspecified atom stereocenters. The molecule has 0 aliphatic rings. The van der Waals surface area contributed by atoms with Crippen LogP contribution in [0.2, 0.25) is 0 Å². The molecule has 1 amide bonds. The van der Waals surface area contributed by atoms with Crippen LogP contribution in [-0.4, -0.2) is 25.7 Å². The van der Waals surface area contributed by atoms with Crippen LogP contribution >= 0.6 is 23.5 Å². The summed E-state index contributed by atoms with van der Waals surface area (Å²) in [5, 5.41) is 4.65. The summed E-state index contributed by atoms with van der Waals surface area (Å²) in [6.45, 7) is 5.72. The van der Waals surface area contributed by atoms with Gasteiger partial charge in [-0.05, 0) is 62.7 Å². The smallest absolute Gasteiger partial charge is 0.262 e. The van der Waals surface area contributed by atoms with E-state index in [0.29, 0.717) is 16.1 Å². The largest absolute Gasteiger partial charge is 0.325 e. The van der Waals surface area contributed by atoms with E-state index in [9.17, 15) is 9.59 Å². The third-order valence-corrected chi connectivity index (χ3v) is 7.24. The second-order valence-corrected chi connectivity index (χ2v) is 10.4. The minimum absolute atomic E-state index is 0.0735. The van der Waals surface area contributed by atoms with Gasteiger partial charge in [-0.25, -0.2) is 9.97 Å². The molecule has 0 spiro atoms. The van der Waals surface area contributed by atoms with E-state index < -0.39 is 5.25 Å². The zero-order valence-electron chi connectivity index (χ0n) is 19.3. The van der Waals surface area contributed by atoms with Crippen molar-refractivity contribution in [1.82, 2.24) is 14.5 Å². The molecule has 34 heavy (non-hydrogen) atoms. The summed E-state index contributed by atoms with van der Waals surface area (Å²) in [4.78, 5) is 35.0. The summed E-state index contributed by atoms with van der Waals surface area (Å²) in [5.74, 6) is 0.615. The number of benzene rings is 2. The molecule has 0 radical (unpaired) electrons. The lowest BCUT2D eigenvalue weighted by molar-refractivity contribution is -0.115. The number of hydrogen-bond acceptors (Lipinski definition) is 6. The summed E-state index contributed by atoms with van der Waals surface area (Å²) in [6.07, 6.45) is 1.78. The number of carbonyl (C=O) groups is 1. The molecule has 0 aliphatic heterocycles. The molecular formula is C26H26N4O2S2. The van der Waals surface area contributed by atoms with Gasteiger partial charge in [-0.15, -0.1) is 11.8 Å². The van der Waals surface area contributed by atoms with Crippen molar-refractivity contribution in [2.75, 3.05) is 5.32 Å². The Labute approximate surface area is 207 Å². The number of fused-ring (bicyclic) bond motifs is 1. The molecule has 6 nitrogen and oxygen atoms in total. The SMILES string of the molecule is CC(C)n1c(S[C@@H](C)C(=O)Nc2cccc(CSc3ccccn3)c2)nc2ccccc2c1=O. The molecule has 1 N–H and O–H groups in total. The van der Waals surface area contributed by atoms with Crippen molar-refractivity contribution in [3.63, 3.8) is 0 Å². The molecule has 2 heterocycles. The monoisotopic (exact) mass is 490 g/mol. The third-order valence-electron chi connectivity index (χ3n) is 5.16. The van der Waals surface area contributed by atoms with Crippen LogP contribution in [0.15, 0.2) is 87.9 Å². The highest BCUT2D eigenvalue weighted by Crippen LogP contribution is 2.26. The first-order valence-corrected chi connectivity index (χ1v) is 12.9. The second kappa shape index (κ2) is 10.9. The topological polar surface area (TPSA) is 76.9 Å². The maximum atomic E-state index is 13.0. The molecule has 2 aromatic heterocycles. The number of anilines is 1. The Morgan fingerprint density at radius 2 is 1.82 bits per heavy atom. The Hall–Kier alpha value is -3.10. The lowest BCUT2D eigenvalue weighted by Crippen LogP contribution is -2.28. The van der Waals surface area contributed by atoms with Crippen LogP contribution in [0.4, 0.5) is 5.69 Å². The Bertz CT molecular complexity index is 1360. The second-order valence-electron chi connectivity index (χ2n) is 8.09. The van der Waals surface area contributed by atoms with Crippen LogP contribution in [0.5, 0.6) is 0 Å². The first-order chi connectivity index (χ1) is 16.4. The molecular weight excluding hydrogens is 464 g/mol. The third kappa shape index (κ3) is 5.69. The first-order valence-electron chi connectivity index (χ1n) is 11.0. The van der Waals surface area contributed by atoms with Crippen molar-refractivity contribution in [1.29, 1.82) is 0 Å². The van der Waals surface area contributed by atoms with Gasteiger partial charge in [0.15, 0.2) is 5.16 Å². The minimum atomic E-state index is -0.440. The average molecular weight is 491 g/mol. The van der Waals surface area contributed by atoms with Crippen LogP contribution in [0, 0.1) is 0 Å². The highest BCUT2D eigenvalue weighted by Gasteiger charge is 2.21. The van der Waals surface area contributed by atoms with Gasteiger partial charge in [-0.1, -0.05) is 42.1 Å². The first kappa shape index (κ1) is 24.0. The fraction of sp³-hybridized carbons (Fsp3) is 0.231. The lowest BCUT2D eigenvalue weighted by atomic mass is 10.2. The highest BCUT2D eigenvalue weighted by molar-refractivity contribution is 8.00. The molecule has 0 saturated carbocycles. The number of amides is 1. The average Bonchev–Trinajstić information content (AvgIpc) is 2.83. The van der Waals surface area contributed by atoms with Gasteiger partial charge in [0.05, 0.1) is 21.2 Å². The van der Waals surface area contributed by atoms with Crippen LogP contribution in [0.1, 0.15) is 32.4 Å². The van der Waals surface area contributed by atoms with Crippen molar-refractivity contribution in [2.24, 2.45) is 0 Å². The van der Waals surface area contributed by atoms with E-state index in [0.717, 1.165) is 22.0 Å². The summed E-state index contributed by atoms with van der Waals surface area (Å²) in [5.41, 5.74) is 2.38. The zero-order valence-corrected chi connectivity index (χ0v) is 20.9. The van der Waals surface area contributed by atoms with Gasteiger partial charge in [0.1, 0.15) is 0 Å². The summed E-state index contributed by atoms with van der Waals surface area (Å²) < 4.78 is 1.66. The van der Waals surface area contributed by atoms with Gasteiger partial charge in [-0.2, -0.15) is 0 Å². The number of aromatic nitrogens is 3. The van der Waals surface area contributed by atoms with E-state index in [1.165, 1.54) is 11.8 Å². The van der Waals surface area contributed by atoms with Crippen LogP contribution in [0.25, 0.3) is 10.9 Å². The van der Waals surface area contributed by atoms with E-state index in [1.807, 2.05) is 81.4 Å². The van der Waals surface area contributed by atoms with Crippen LogP contribution < -0.4 is 10.9 Å². The van der Waals surface area contributed by atoms with E-state index in [1.54, 1.807) is 28.6 Å². The predicted octanol–water partition coefficient (Wildman–Crippen LogP) is 5.78. The van der Waals surface area contributed by atoms with E-state index in [4.69, 9.17) is 4.98 Å². The molecule has 174 valence electrons. The summed E-state index contributed by atoms with van der Waals surface area (Å²) in [7, 11) is 0. The number of hydrogen-bond donors (Lipinski definition) is 1. The molecule has 0 aliphatic carbocycles. The number of para-hydroxylation sites is 1. The van der Waals surface area contributed by atoms with Crippen molar-refractivity contribution in [3.8, 4) is 0 Å². The normalized spacial score (nSPS) is 12.1. The summed E-state index contributed by atoms with van der Waals surface area (Å²) >= 11 is 2.94. The van der Waals surface area contributed by atoms with Crippen LogP contribution in [0.3, 0.4) is 0 Å².